The highest BCUT2D eigenvalue weighted by molar-refractivity contribution is 8.00. The lowest BCUT2D eigenvalue weighted by Gasteiger charge is -2.14. The van der Waals surface area contributed by atoms with Gasteiger partial charge < -0.3 is 5.32 Å². The Kier molecular flexibility index (Phi) is 5.83. The highest BCUT2D eigenvalue weighted by Crippen LogP contribution is 2.34. The molecule has 4 rings (SSSR count). The summed E-state index contributed by atoms with van der Waals surface area (Å²) in [5.41, 5.74) is 0.833. The molecule has 8 nitrogen and oxygen atoms in total. The van der Waals surface area contributed by atoms with Crippen LogP contribution in [-0.4, -0.2) is 27.9 Å². The molecular weight excluding hydrogens is 438 g/mol. The summed E-state index contributed by atoms with van der Waals surface area (Å²) in [7, 11) is 0. The number of hydrogen-bond donors (Lipinski definition) is 1. The maximum atomic E-state index is 12.8. The lowest BCUT2D eigenvalue weighted by Crippen LogP contribution is -2.31. The Balaban J connectivity index is 1.41. The van der Waals surface area contributed by atoms with E-state index in [-0.39, 0.29) is 29.8 Å². The Labute approximate surface area is 185 Å². The molecule has 3 aromatic rings. The third-order valence-corrected chi connectivity index (χ3v) is 6.63. The van der Waals surface area contributed by atoms with E-state index in [9.17, 15) is 24.5 Å². The van der Waals surface area contributed by atoms with Gasteiger partial charge in [0, 0.05) is 29.1 Å². The van der Waals surface area contributed by atoms with E-state index in [1.807, 2.05) is 5.38 Å². The minimum absolute atomic E-state index is 0.0390. The summed E-state index contributed by atoms with van der Waals surface area (Å²) in [6, 6.07) is 15.9. The molecule has 1 fully saturated rings. The number of thioether (sulfide) groups is 1. The van der Waals surface area contributed by atoms with Crippen LogP contribution in [0.25, 0.3) is 0 Å². The first-order valence-electron chi connectivity index (χ1n) is 9.15. The first kappa shape index (κ1) is 20.8. The zero-order valence-corrected chi connectivity index (χ0v) is 17.5. The zero-order valence-electron chi connectivity index (χ0n) is 15.9. The summed E-state index contributed by atoms with van der Waals surface area (Å²) < 4.78 is 0. The summed E-state index contributed by atoms with van der Waals surface area (Å²) >= 11 is 2.62. The number of nitrogens with zero attached hydrogens (tertiary/aromatic N) is 2. The van der Waals surface area contributed by atoms with Crippen LogP contribution in [0.3, 0.4) is 0 Å². The van der Waals surface area contributed by atoms with Crippen LogP contribution in [0.2, 0.25) is 0 Å². The van der Waals surface area contributed by atoms with Crippen LogP contribution in [0.1, 0.15) is 16.1 Å². The predicted octanol–water partition coefficient (Wildman–Crippen LogP) is 4.33. The van der Waals surface area contributed by atoms with Crippen LogP contribution >= 0.6 is 23.1 Å². The van der Waals surface area contributed by atoms with E-state index in [2.05, 4.69) is 5.32 Å². The molecule has 1 saturated heterocycles. The van der Waals surface area contributed by atoms with Crippen molar-refractivity contribution in [2.45, 2.75) is 16.6 Å². The fraction of sp³-hybridized carbons (Fsp3) is 0.0952. The number of imide groups is 1. The molecule has 1 aliphatic heterocycles. The Morgan fingerprint density at radius 1 is 1.10 bits per heavy atom. The van der Waals surface area contributed by atoms with E-state index >= 15 is 0 Å². The molecule has 1 unspecified atom stereocenters. The van der Waals surface area contributed by atoms with E-state index in [1.54, 1.807) is 36.4 Å². The number of carbonyl (C=O) groups is 3. The molecule has 156 valence electrons. The summed E-state index contributed by atoms with van der Waals surface area (Å²) in [6.45, 7) is 0. The predicted molar refractivity (Wildman–Crippen MR) is 119 cm³/mol. The number of nitro benzene ring substituents is 1. The number of amides is 3. The molecule has 2 heterocycles. The van der Waals surface area contributed by atoms with Crippen LogP contribution in [0.4, 0.5) is 17.1 Å². The molecule has 10 heteroatoms. The number of anilines is 2. The van der Waals surface area contributed by atoms with E-state index in [1.165, 1.54) is 47.4 Å². The number of rotatable bonds is 6. The van der Waals surface area contributed by atoms with Crippen molar-refractivity contribution >= 4 is 57.9 Å². The standard InChI is InChI=1S/C21H15N3O5S2/c25-19-12-18(21(27)23(19)14-5-7-15(8-6-14)24(28)29)31-16-9-3-13(4-10-16)22-20(26)17-2-1-11-30-17/h1-11,18H,12H2,(H,22,26). The number of hydrogen-bond acceptors (Lipinski definition) is 7. The van der Waals surface area contributed by atoms with E-state index < -0.39 is 10.2 Å². The largest absolute Gasteiger partial charge is 0.321 e. The molecule has 0 aliphatic carbocycles. The fourth-order valence-electron chi connectivity index (χ4n) is 3.07. The molecule has 2 aromatic carbocycles. The third kappa shape index (κ3) is 4.49. The number of benzene rings is 2. The Hall–Kier alpha value is -3.50. The van der Waals surface area contributed by atoms with Gasteiger partial charge in [-0.25, -0.2) is 4.90 Å². The summed E-state index contributed by atoms with van der Waals surface area (Å²) in [5, 5.41) is 14.8. The lowest BCUT2D eigenvalue weighted by molar-refractivity contribution is -0.384. The van der Waals surface area contributed by atoms with Crippen LogP contribution < -0.4 is 10.2 Å². The van der Waals surface area contributed by atoms with Crippen molar-refractivity contribution in [3.8, 4) is 0 Å². The van der Waals surface area contributed by atoms with Crippen LogP contribution in [-0.2, 0) is 9.59 Å². The van der Waals surface area contributed by atoms with Gasteiger partial charge in [-0.05, 0) is 47.8 Å². The average Bonchev–Trinajstić information content (AvgIpc) is 3.38. The second-order valence-electron chi connectivity index (χ2n) is 6.61. The van der Waals surface area contributed by atoms with Crippen molar-refractivity contribution < 1.29 is 19.3 Å². The molecule has 1 N–H and O–H groups in total. The van der Waals surface area contributed by atoms with Gasteiger partial charge in [0.1, 0.15) is 0 Å². The average molecular weight is 454 g/mol. The van der Waals surface area contributed by atoms with Crippen LogP contribution in [0.15, 0.2) is 70.9 Å². The highest BCUT2D eigenvalue weighted by Gasteiger charge is 2.40. The van der Waals surface area contributed by atoms with Gasteiger partial charge in [-0.2, -0.15) is 0 Å². The molecule has 0 spiro atoms. The molecule has 0 bridgehead atoms. The van der Waals surface area contributed by atoms with Crippen LogP contribution in [0.5, 0.6) is 0 Å². The SMILES string of the molecule is O=C(Nc1ccc(SC2CC(=O)N(c3ccc([N+](=O)[O-])cc3)C2=O)cc1)c1cccs1. The van der Waals surface area contributed by atoms with E-state index in [4.69, 9.17) is 0 Å². The second kappa shape index (κ2) is 8.70. The highest BCUT2D eigenvalue weighted by atomic mass is 32.2. The zero-order chi connectivity index (χ0) is 22.0. The molecule has 3 amide bonds. The van der Waals surface area contributed by atoms with Gasteiger partial charge in [0.05, 0.1) is 20.7 Å². The molecule has 1 aromatic heterocycles. The topological polar surface area (TPSA) is 110 Å². The first-order chi connectivity index (χ1) is 14.9. The van der Waals surface area contributed by atoms with E-state index in [0.717, 1.165) is 9.80 Å². The Morgan fingerprint density at radius 3 is 2.42 bits per heavy atom. The first-order valence-corrected chi connectivity index (χ1v) is 10.9. The van der Waals surface area contributed by atoms with Gasteiger partial charge in [-0.1, -0.05) is 6.07 Å². The quantitative estimate of drug-likeness (QED) is 0.338. The van der Waals surface area contributed by atoms with Crippen molar-refractivity contribution in [2.75, 3.05) is 10.2 Å². The van der Waals surface area contributed by atoms with Crippen molar-refractivity contribution in [1.82, 2.24) is 0 Å². The summed E-state index contributed by atoms with van der Waals surface area (Å²) in [6.07, 6.45) is 0.0390. The molecule has 0 radical (unpaired) electrons. The minimum Gasteiger partial charge on any atom is -0.321 e. The van der Waals surface area contributed by atoms with Crippen molar-refractivity contribution in [3.05, 3.63) is 81.0 Å². The van der Waals surface area contributed by atoms with E-state index in [0.29, 0.717) is 16.3 Å². The lowest BCUT2D eigenvalue weighted by atomic mass is 10.2. The van der Waals surface area contributed by atoms with Crippen LogP contribution in [0, 0.1) is 10.1 Å². The number of thiophene rings is 1. The third-order valence-electron chi connectivity index (χ3n) is 4.56. The van der Waals surface area contributed by atoms with Crippen molar-refractivity contribution in [3.63, 3.8) is 0 Å². The molecule has 0 saturated carbocycles. The van der Waals surface area contributed by atoms with Crippen molar-refractivity contribution in [2.24, 2.45) is 0 Å². The van der Waals surface area contributed by atoms with Gasteiger partial charge in [0.25, 0.3) is 11.6 Å². The van der Waals surface area contributed by atoms with Gasteiger partial charge in [0.2, 0.25) is 11.8 Å². The van der Waals surface area contributed by atoms with Gasteiger partial charge in [0.15, 0.2) is 0 Å². The summed E-state index contributed by atoms with van der Waals surface area (Å²) in [5.74, 6) is -0.902. The minimum atomic E-state index is -0.589. The smallest absolute Gasteiger partial charge is 0.269 e. The van der Waals surface area contributed by atoms with Gasteiger partial charge in [-0.15, -0.1) is 23.1 Å². The Bertz CT molecular complexity index is 1140. The molecular formula is C21H15N3O5S2. The number of carbonyl (C=O) groups excluding carboxylic acids is 3. The maximum Gasteiger partial charge on any atom is 0.269 e. The molecule has 31 heavy (non-hydrogen) atoms. The normalized spacial score (nSPS) is 15.9. The van der Waals surface area contributed by atoms with Crippen molar-refractivity contribution in [1.29, 1.82) is 0 Å². The monoisotopic (exact) mass is 453 g/mol. The number of nitro groups is 1. The Morgan fingerprint density at radius 2 is 1.81 bits per heavy atom. The second-order valence-corrected chi connectivity index (χ2v) is 8.83. The summed E-state index contributed by atoms with van der Waals surface area (Å²) in [4.78, 5) is 50.0. The maximum absolute atomic E-state index is 12.8. The van der Waals surface area contributed by atoms with Gasteiger partial charge >= 0.3 is 0 Å². The number of nitrogens with one attached hydrogen (secondary N) is 1. The number of non-ortho nitro benzene ring substituents is 1. The molecule has 1 aliphatic rings. The fourth-order valence-corrected chi connectivity index (χ4v) is 4.75. The molecule has 1 atom stereocenters. The van der Waals surface area contributed by atoms with Gasteiger partial charge in [-0.3, -0.25) is 24.5 Å².